The van der Waals surface area contributed by atoms with Crippen molar-refractivity contribution in [2.75, 3.05) is 7.11 Å². The van der Waals surface area contributed by atoms with E-state index in [0.29, 0.717) is 5.69 Å². The predicted octanol–water partition coefficient (Wildman–Crippen LogP) is 1.32. The molecule has 0 spiro atoms. The van der Waals surface area contributed by atoms with Gasteiger partial charge in [0.15, 0.2) is 5.69 Å². The zero-order valence-electron chi connectivity index (χ0n) is 9.22. The summed E-state index contributed by atoms with van der Waals surface area (Å²) < 4.78 is 6.21. The molecule has 0 N–H and O–H groups in total. The first-order valence-electron chi connectivity index (χ1n) is 4.72. The molecule has 2 rings (SSSR count). The Morgan fingerprint density at radius 3 is 2.82 bits per heavy atom. The van der Waals surface area contributed by atoms with Crippen molar-refractivity contribution in [1.29, 1.82) is 0 Å². The number of hydrogen-bond donors (Lipinski definition) is 0. The van der Waals surface area contributed by atoms with Gasteiger partial charge in [0.25, 0.3) is 0 Å². The maximum atomic E-state index is 11.4. The Kier molecular flexibility index (Phi) is 3.06. The van der Waals surface area contributed by atoms with Gasteiger partial charge in [-0.25, -0.2) is 14.8 Å². The molecule has 0 radical (unpaired) electrons. The van der Waals surface area contributed by atoms with Crippen molar-refractivity contribution in [1.82, 2.24) is 19.7 Å². The van der Waals surface area contributed by atoms with Gasteiger partial charge in [-0.05, 0) is 17.7 Å². The molecule has 0 atom stereocenters. The highest BCUT2D eigenvalue weighted by Crippen LogP contribution is 2.18. The van der Waals surface area contributed by atoms with Gasteiger partial charge >= 0.3 is 5.97 Å². The van der Waals surface area contributed by atoms with Crippen LogP contribution in [-0.4, -0.2) is 32.8 Å². The summed E-state index contributed by atoms with van der Waals surface area (Å²) in [5.41, 5.74) is 1.40. The average molecular weight is 253 g/mol. The number of aromatic nitrogens is 4. The van der Waals surface area contributed by atoms with Crippen LogP contribution in [0.3, 0.4) is 0 Å². The second kappa shape index (κ2) is 4.50. The van der Waals surface area contributed by atoms with Crippen LogP contribution < -0.4 is 0 Å². The summed E-state index contributed by atoms with van der Waals surface area (Å²) in [6.07, 6.45) is 3.39. The summed E-state index contributed by atoms with van der Waals surface area (Å²) in [4.78, 5) is 19.2. The predicted molar refractivity (Wildman–Crippen MR) is 60.6 cm³/mol. The Morgan fingerprint density at radius 1 is 1.47 bits per heavy atom. The second-order valence-corrected chi connectivity index (χ2v) is 3.64. The van der Waals surface area contributed by atoms with Gasteiger partial charge in [-0.1, -0.05) is 0 Å². The van der Waals surface area contributed by atoms with Crippen LogP contribution in [0.25, 0.3) is 11.3 Å². The number of esters is 1. The summed E-state index contributed by atoms with van der Waals surface area (Å²) in [5, 5.41) is 4.01. The zero-order chi connectivity index (χ0) is 12.4. The Morgan fingerprint density at radius 2 is 2.24 bits per heavy atom. The number of hydrogen-bond acceptors (Lipinski definition) is 5. The molecular weight excluding hydrogens is 244 g/mol. The van der Waals surface area contributed by atoms with E-state index in [-0.39, 0.29) is 11.0 Å². The number of methoxy groups -OCH3 is 1. The van der Waals surface area contributed by atoms with Gasteiger partial charge in [0.1, 0.15) is 0 Å². The average Bonchev–Trinajstić information content (AvgIpc) is 2.74. The molecule has 0 fully saturated rings. The van der Waals surface area contributed by atoms with Gasteiger partial charge in [0, 0.05) is 18.8 Å². The minimum Gasteiger partial charge on any atom is -0.464 e. The molecule has 6 nitrogen and oxygen atoms in total. The summed E-state index contributed by atoms with van der Waals surface area (Å²) in [5.74, 6) is -0.556. The molecule has 0 saturated heterocycles. The van der Waals surface area contributed by atoms with Crippen LogP contribution in [0.5, 0.6) is 0 Å². The van der Waals surface area contributed by atoms with Crippen molar-refractivity contribution in [2.24, 2.45) is 7.05 Å². The van der Waals surface area contributed by atoms with E-state index in [1.54, 1.807) is 24.1 Å². The highest BCUT2D eigenvalue weighted by Gasteiger charge is 2.12. The fourth-order valence-corrected chi connectivity index (χ4v) is 1.51. The first kappa shape index (κ1) is 11.5. The lowest BCUT2D eigenvalue weighted by Gasteiger charge is -2.01. The van der Waals surface area contributed by atoms with E-state index in [1.165, 1.54) is 13.2 Å². The SMILES string of the molecule is COC(=O)c1cc(-c2cnn(C)c2)nc(Cl)n1. The Bertz CT molecular complexity index is 567. The van der Waals surface area contributed by atoms with Gasteiger partial charge in [-0.15, -0.1) is 0 Å². The fourth-order valence-electron chi connectivity index (χ4n) is 1.33. The van der Waals surface area contributed by atoms with Gasteiger partial charge in [0.2, 0.25) is 5.28 Å². The first-order chi connectivity index (χ1) is 8.10. The number of nitrogens with zero attached hydrogens (tertiary/aromatic N) is 4. The number of carbonyl (C=O) groups is 1. The van der Waals surface area contributed by atoms with Gasteiger partial charge in [0.05, 0.1) is 19.0 Å². The maximum absolute atomic E-state index is 11.4. The summed E-state index contributed by atoms with van der Waals surface area (Å²) >= 11 is 5.75. The molecule has 0 saturated carbocycles. The second-order valence-electron chi connectivity index (χ2n) is 3.30. The first-order valence-corrected chi connectivity index (χ1v) is 5.10. The minimum atomic E-state index is -0.556. The maximum Gasteiger partial charge on any atom is 0.356 e. The molecule has 0 amide bonds. The van der Waals surface area contributed by atoms with E-state index in [1.807, 2.05) is 0 Å². The van der Waals surface area contributed by atoms with Crippen LogP contribution in [-0.2, 0) is 11.8 Å². The number of ether oxygens (including phenoxy) is 1. The van der Waals surface area contributed by atoms with Gasteiger partial charge in [-0.3, -0.25) is 4.68 Å². The van der Waals surface area contributed by atoms with Gasteiger partial charge in [-0.2, -0.15) is 5.10 Å². The van der Waals surface area contributed by atoms with Crippen LogP contribution in [0.2, 0.25) is 5.28 Å². The number of carbonyl (C=O) groups excluding carboxylic acids is 1. The Balaban J connectivity index is 2.48. The highest BCUT2D eigenvalue weighted by atomic mass is 35.5. The van der Waals surface area contributed by atoms with Crippen molar-refractivity contribution >= 4 is 17.6 Å². The molecule has 0 bridgehead atoms. The summed E-state index contributed by atoms with van der Waals surface area (Å²) in [6, 6.07) is 1.51. The molecule has 2 aromatic heterocycles. The van der Waals surface area contributed by atoms with Crippen LogP contribution >= 0.6 is 11.6 Å². The lowest BCUT2D eigenvalue weighted by atomic mass is 10.2. The van der Waals surface area contributed by atoms with E-state index in [2.05, 4.69) is 19.8 Å². The smallest absolute Gasteiger partial charge is 0.356 e. The van der Waals surface area contributed by atoms with Crippen LogP contribution in [0, 0.1) is 0 Å². The molecular formula is C10H9ClN4O2. The Hall–Kier alpha value is -1.95. The normalized spacial score (nSPS) is 10.3. The van der Waals surface area contributed by atoms with Crippen molar-refractivity contribution in [3.05, 3.63) is 29.4 Å². The third-order valence-electron chi connectivity index (χ3n) is 2.09. The molecule has 0 aliphatic carbocycles. The lowest BCUT2D eigenvalue weighted by molar-refractivity contribution is 0.0594. The van der Waals surface area contributed by atoms with Gasteiger partial charge < -0.3 is 4.74 Å². The van der Waals surface area contributed by atoms with E-state index >= 15 is 0 Å². The molecule has 0 unspecified atom stereocenters. The fraction of sp³-hybridized carbons (Fsp3) is 0.200. The molecule has 0 aliphatic rings. The molecule has 2 heterocycles. The Labute approximate surface area is 102 Å². The quantitative estimate of drug-likeness (QED) is 0.595. The third kappa shape index (κ3) is 2.42. The largest absolute Gasteiger partial charge is 0.464 e. The van der Waals surface area contributed by atoms with Crippen molar-refractivity contribution in [3.63, 3.8) is 0 Å². The lowest BCUT2D eigenvalue weighted by Crippen LogP contribution is -2.05. The summed E-state index contributed by atoms with van der Waals surface area (Å²) in [6.45, 7) is 0. The van der Waals surface area contributed by atoms with Crippen LogP contribution in [0.4, 0.5) is 0 Å². The number of rotatable bonds is 2. The number of halogens is 1. The summed E-state index contributed by atoms with van der Waals surface area (Å²) in [7, 11) is 3.07. The third-order valence-corrected chi connectivity index (χ3v) is 2.26. The highest BCUT2D eigenvalue weighted by molar-refractivity contribution is 6.28. The number of aryl methyl sites for hydroxylation is 1. The molecule has 0 aromatic carbocycles. The van der Waals surface area contributed by atoms with Crippen LogP contribution in [0.1, 0.15) is 10.5 Å². The molecule has 0 aliphatic heterocycles. The van der Waals surface area contributed by atoms with Crippen molar-refractivity contribution < 1.29 is 9.53 Å². The topological polar surface area (TPSA) is 69.9 Å². The van der Waals surface area contributed by atoms with Crippen molar-refractivity contribution in [2.45, 2.75) is 0 Å². The molecule has 2 aromatic rings. The van der Waals surface area contributed by atoms with Crippen molar-refractivity contribution in [3.8, 4) is 11.3 Å². The van der Waals surface area contributed by atoms with E-state index in [4.69, 9.17) is 11.6 Å². The zero-order valence-corrected chi connectivity index (χ0v) is 9.97. The monoisotopic (exact) mass is 252 g/mol. The van der Waals surface area contributed by atoms with E-state index in [9.17, 15) is 4.79 Å². The van der Waals surface area contributed by atoms with E-state index < -0.39 is 5.97 Å². The van der Waals surface area contributed by atoms with E-state index in [0.717, 1.165) is 5.56 Å². The molecule has 88 valence electrons. The molecule has 17 heavy (non-hydrogen) atoms. The van der Waals surface area contributed by atoms with Crippen LogP contribution in [0.15, 0.2) is 18.5 Å². The minimum absolute atomic E-state index is 0.00764. The molecule has 7 heteroatoms. The standard InChI is InChI=1S/C10H9ClN4O2/c1-15-5-6(4-12-15)7-3-8(9(16)17-2)14-10(11)13-7/h3-5H,1-2H3.